The van der Waals surface area contributed by atoms with Gasteiger partial charge in [0.15, 0.2) is 0 Å². The van der Waals surface area contributed by atoms with Crippen molar-refractivity contribution in [2.24, 2.45) is 5.73 Å². The maximum atomic E-state index is 12.9. The third-order valence-electron chi connectivity index (χ3n) is 1.72. The van der Waals surface area contributed by atoms with E-state index in [2.05, 4.69) is 0 Å². The number of amides is 1. The Bertz CT molecular complexity index is 386. The molecule has 1 aromatic carbocycles. The summed E-state index contributed by atoms with van der Waals surface area (Å²) in [5.74, 6) is -2.13. The van der Waals surface area contributed by atoms with Gasteiger partial charge in [-0.25, -0.2) is 4.39 Å². The van der Waals surface area contributed by atoms with E-state index in [0.717, 1.165) is 6.07 Å². The molecule has 1 aromatic rings. The van der Waals surface area contributed by atoms with Crippen LogP contribution in [-0.2, 0) is 17.4 Å². The van der Waals surface area contributed by atoms with Crippen molar-refractivity contribution < 1.29 is 22.4 Å². The zero-order valence-corrected chi connectivity index (χ0v) is 7.44. The fourth-order valence-corrected chi connectivity index (χ4v) is 1.10. The van der Waals surface area contributed by atoms with E-state index in [1.165, 1.54) is 0 Å². The van der Waals surface area contributed by atoms with Gasteiger partial charge in [0, 0.05) is 0 Å². The van der Waals surface area contributed by atoms with E-state index < -0.39 is 23.5 Å². The molecule has 0 saturated heterocycles. The topological polar surface area (TPSA) is 43.1 Å². The van der Waals surface area contributed by atoms with Crippen molar-refractivity contribution in [1.29, 1.82) is 0 Å². The number of halogens is 4. The lowest BCUT2D eigenvalue weighted by Crippen LogP contribution is -2.14. The Morgan fingerprint density at radius 3 is 2.33 bits per heavy atom. The molecular formula is C9H7F4NO. The molecular weight excluding hydrogens is 214 g/mol. The van der Waals surface area contributed by atoms with Crippen LogP contribution in [0.25, 0.3) is 0 Å². The highest BCUT2D eigenvalue weighted by molar-refractivity contribution is 5.76. The second kappa shape index (κ2) is 3.88. The lowest BCUT2D eigenvalue weighted by molar-refractivity contribution is -0.140. The molecule has 0 bridgehead atoms. The number of hydrogen-bond acceptors (Lipinski definition) is 1. The Balaban J connectivity index is 3.04. The molecule has 0 spiro atoms. The van der Waals surface area contributed by atoms with Gasteiger partial charge in [-0.1, -0.05) is 6.07 Å². The van der Waals surface area contributed by atoms with Crippen molar-refractivity contribution in [3.05, 3.63) is 35.1 Å². The van der Waals surface area contributed by atoms with Crippen molar-refractivity contribution in [2.75, 3.05) is 0 Å². The summed E-state index contributed by atoms with van der Waals surface area (Å²) in [4.78, 5) is 10.4. The zero-order valence-electron chi connectivity index (χ0n) is 7.44. The van der Waals surface area contributed by atoms with E-state index in [1.54, 1.807) is 0 Å². The van der Waals surface area contributed by atoms with E-state index >= 15 is 0 Å². The van der Waals surface area contributed by atoms with Crippen LogP contribution in [0.5, 0.6) is 0 Å². The summed E-state index contributed by atoms with van der Waals surface area (Å²) in [6.07, 6.45) is -5.01. The molecule has 2 N–H and O–H groups in total. The third kappa shape index (κ3) is 2.93. The van der Waals surface area contributed by atoms with Crippen LogP contribution in [0.15, 0.2) is 18.2 Å². The van der Waals surface area contributed by atoms with Gasteiger partial charge in [-0.05, 0) is 17.7 Å². The number of nitrogens with two attached hydrogens (primary N) is 1. The molecule has 15 heavy (non-hydrogen) atoms. The van der Waals surface area contributed by atoms with E-state index in [1.807, 2.05) is 0 Å². The van der Waals surface area contributed by atoms with Crippen LogP contribution < -0.4 is 5.73 Å². The highest BCUT2D eigenvalue weighted by Gasteiger charge is 2.33. The number of primary amides is 1. The summed E-state index contributed by atoms with van der Waals surface area (Å²) < 4.78 is 49.3. The molecule has 0 atom stereocenters. The molecule has 1 rings (SSSR count). The second-order valence-corrected chi connectivity index (χ2v) is 2.96. The molecule has 2 nitrogen and oxygen atoms in total. The van der Waals surface area contributed by atoms with Crippen molar-refractivity contribution in [2.45, 2.75) is 12.6 Å². The highest BCUT2D eigenvalue weighted by atomic mass is 19.4. The van der Waals surface area contributed by atoms with Crippen LogP contribution in [0.1, 0.15) is 11.1 Å². The van der Waals surface area contributed by atoms with Gasteiger partial charge >= 0.3 is 6.18 Å². The molecule has 0 fully saturated rings. The molecule has 0 heterocycles. The minimum absolute atomic E-state index is 0.119. The fraction of sp³-hybridized carbons (Fsp3) is 0.222. The van der Waals surface area contributed by atoms with E-state index in [9.17, 15) is 22.4 Å². The van der Waals surface area contributed by atoms with Gasteiger partial charge in [0.1, 0.15) is 5.82 Å². The number of alkyl halides is 3. The monoisotopic (exact) mass is 221 g/mol. The molecule has 0 unspecified atom stereocenters. The molecule has 0 saturated carbocycles. The molecule has 0 aromatic heterocycles. The minimum atomic E-state index is -4.73. The molecule has 1 amide bonds. The highest BCUT2D eigenvalue weighted by Crippen LogP contribution is 2.31. The van der Waals surface area contributed by atoms with Crippen molar-refractivity contribution in [3.8, 4) is 0 Å². The average Bonchev–Trinajstić information content (AvgIpc) is 1.99. The summed E-state index contributed by atoms with van der Waals surface area (Å²) in [5, 5.41) is 0. The lowest BCUT2D eigenvalue weighted by atomic mass is 10.1. The van der Waals surface area contributed by atoms with Crippen LogP contribution in [-0.4, -0.2) is 5.91 Å². The standard InChI is InChI=1S/C9H7F4NO/c10-7-3-5(4-8(14)15)1-2-6(7)9(11,12)13/h1-3H,4H2,(H2,14,15). The SMILES string of the molecule is NC(=O)Cc1ccc(C(F)(F)F)c(F)c1. The van der Waals surface area contributed by atoms with Crippen LogP contribution in [0.2, 0.25) is 0 Å². The maximum Gasteiger partial charge on any atom is 0.419 e. The molecule has 0 aliphatic carbocycles. The Morgan fingerprint density at radius 2 is 1.93 bits per heavy atom. The number of carbonyl (C=O) groups excluding carboxylic acids is 1. The third-order valence-corrected chi connectivity index (χ3v) is 1.72. The van der Waals surface area contributed by atoms with Gasteiger partial charge in [-0.15, -0.1) is 0 Å². The van der Waals surface area contributed by atoms with Crippen LogP contribution in [0.3, 0.4) is 0 Å². The first-order chi connectivity index (χ1) is 6.80. The molecule has 6 heteroatoms. The van der Waals surface area contributed by atoms with Crippen LogP contribution >= 0.6 is 0 Å². The number of rotatable bonds is 2. The van der Waals surface area contributed by atoms with Gasteiger partial charge < -0.3 is 5.73 Å². The summed E-state index contributed by atoms with van der Waals surface area (Å²) in [5.41, 5.74) is 3.58. The van der Waals surface area contributed by atoms with E-state index in [-0.39, 0.29) is 12.0 Å². The quantitative estimate of drug-likeness (QED) is 0.761. The van der Waals surface area contributed by atoms with Crippen LogP contribution in [0.4, 0.5) is 17.6 Å². The summed E-state index contributed by atoms with van der Waals surface area (Å²) in [6, 6.07) is 2.28. The number of benzene rings is 1. The van der Waals surface area contributed by atoms with Crippen molar-refractivity contribution >= 4 is 5.91 Å². The van der Waals surface area contributed by atoms with Gasteiger partial charge in [0.2, 0.25) is 5.91 Å². The largest absolute Gasteiger partial charge is 0.419 e. The van der Waals surface area contributed by atoms with Gasteiger partial charge in [-0.3, -0.25) is 4.79 Å². The Kier molecular flexibility index (Phi) is 2.97. The number of carbonyl (C=O) groups is 1. The molecule has 0 radical (unpaired) electrons. The number of hydrogen-bond donors (Lipinski definition) is 1. The van der Waals surface area contributed by atoms with Crippen molar-refractivity contribution in [3.63, 3.8) is 0 Å². The summed E-state index contributed by atoms with van der Waals surface area (Å²) >= 11 is 0. The first-order valence-electron chi connectivity index (χ1n) is 3.94. The summed E-state index contributed by atoms with van der Waals surface area (Å²) in [7, 11) is 0. The van der Waals surface area contributed by atoms with E-state index in [0.29, 0.717) is 12.1 Å². The Labute approximate surface area is 82.7 Å². The Morgan fingerprint density at radius 1 is 1.33 bits per heavy atom. The van der Waals surface area contributed by atoms with Gasteiger partial charge in [0.05, 0.1) is 12.0 Å². The minimum Gasteiger partial charge on any atom is -0.369 e. The first kappa shape index (κ1) is 11.5. The molecule has 82 valence electrons. The van der Waals surface area contributed by atoms with Gasteiger partial charge in [0.25, 0.3) is 0 Å². The Hall–Kier alpha value is -1.59. The predicted molar refractivity (Wildman–Crippen MR) is 44.3 cm³/mol. The predicted octanol–water partition coefficient (Wildman–Crippen LogP) is 1.87. The van der Waals surface area contributed by atoms with E-state index in [4.69, 9.17) is 5.73 Å². The molecule has 0 aliphatic rings. The molecule has 0 aliphatic heterocycles. The van der Waals surface area contributed by atoms with Crippen LogP contribution in [0, 0.1) is 5.82 Å². The average molecular weight is 221 g/mol. The van der Waals surface area contributed by atoms with Gasteiger partial charge in [-0.2, -0.15) is 13.2 Å². The maximum absolute atomic E-state index is 12.9. The zero-order chi connectivity index (χ0) is 11.6. The summed E-state index contributed by atoms with van der Waals surface area (Å²) in [6.45, 7) is 0. The fourth-order valence-electron chi connectivity index (χ4n) is 1.10. The van der Waals surface area contributed by atoms with Crippen molar-refractivity contribution in [1.82, 2.24) is 0 Å². The first-order valence-corrected chi connectivity index (χ1v) is 3.94. The smallest absolute Gasteiger partial charge is 0.369 e. The normalized spacial score (nSPS) is 11.5. The second-order valence-electron chi connectivity index (χ2n) is 2.96. The lowest BCUT2D eigenvalue weighted by Gasteiger charge is -2.08.